The minimum absolute atomic E-state index is 1.06. The molecule has 0 saturated carbocycles. The number of rotatable bonds is 7. The molecule has 0 aliphatic rings. The average molecular weight is 195 g/mol. The molecule has 0 spiro atoms. The third-order valence-electron chi connectivity index (χ3n) is 2.25. The summed E-state index contributed by atoms with van der Waals surface area (Å²) in [6.07, 6.45) is 7.36. The third-order valence-corrected chi connectivity index (χ3v) is 2.25. The molecule has 3 nitrogen and oxygen atoms in total. The zero-order valence-corrected chi connectivity index (χ0v) is 9.29. The van der Waals surface area contributed by atoms with Crippen LogP contribution in [0.15, 0.2) is 12.5 Å². The SMILES string of the molecule is CCCNCCc1cncn1CCC. The number of hydrogen-bond donors (Lipinski definition) is 1. The molecule has 1 heterocycles. The highest BCUT2D eigenvalue weighted by molar-refractivity contribution is 4.98. The molecule has 0 unspecified atom stereocenters. The molecule has 80 valence electrons. The van der Waals surface area contributed by atoms with Crippen LogP contribution in [0.5, 0.6) is 0 Å². The zero-order chi connectivity index (χ0) is 10.2. The topological polar surface area (TPSA) is 29.9 Å². The minimum atomic E-state index is 1.06. The largest absolute Gasteiger partial charge is 0.335 e. The van der Waals surface area contributed by atoms with E-state index in [0.29, 0.717) is 0 Å². The Bertz CT molecular complexity index is 242. The van der Waals surface area contributed by atoms with E-state index in [9.17, 15) is 0 Å². The Kier molecular flexibility index (Phi) is 5.30. The maximum atomic E-state index is 4.17. The van der Waals surface area contributed by atoms with E-state index in [0.717, 1.165) is 26.1 Å². The van der Waals surface area contributed by atoms with E-state index in [1.54, 1.807) is 0 Å². The van der Waals surface area contributed by atoms with Gasteiger partial charge in [-0.05, 0) is 19.4 Å². The van der Waals surface area contributed by atoms with Gasteiger partial charge in [-0.25, -0.2) is 4.98 Å². The molecule has 0 fully saturated rings. The fourth-order valence-corrected chi connectivity index (χ4v) is 1.52. The van der Waals surface area contributed by atoms with Crippen molar-refractivity contribution in [2.45, 2.75) is 39.7 Å². The number of nitrogens with one attached hydrogen (secondary N) is 1. The minimum Gasteiger partial charge on any atom is -0.335 e. The Morgan fingerprint density at radius 2 is 2.14 bits per heavy atom. The molecule has 3 heteroatoms. The molecule has 0 aliphatic heterocycles. The van der Waals surface area contributed by atoms with Gasteiger partial charge in [0, 0.05) is 31.4 Å². The predicted octanol–water partition coefficient (Wildman–Crippen LogP) is 1.84. The van der Waals surface area contributed by atoms with Crippen molar-refractivity contribution < 1.29 is 0 Å². The second-order valence-corrected chi connectivity index (χ2v) is 3.58. The maximum absolute atomic E-state index is 4.17. The molecular formula is C11H21N3. The summed E-state index contributed by atoms with van der Waals surface area (Å²) in [5.41, 5.74) is 1.34. The van der Waals surface area contributed by atoms with E-state index in [1.807, 2.05) is 12.5 Å². The van der Waals surface area contributed by atoms with E-state index in [-0.39, 0.29) is 0 Å². The Morgan fingerprint density at radius 1 is 1.29 bits per heavy atom. The van der Waals surface area contributed by atoms with Crippen molar-refractivity contribution in [1.82, 2.24) is 14.9 Å². The van der Waals surface area contributed by atoms with E-state index in [4.69, 9.17) is 0 Å². The van der Waals surface area contributed by atoms with Crippen LogP contribution < -0.4 is 5.32 Å². The molecule has 0 saturated heterocycles. The molecular weight excluding hydrogens is 174 g/mol. The zero-order valence-electron chi connectivity index (χ0n) is 9.29. The summed E-state index contributed by atoms with van der Waals surface area (Å²) < 4.78 is 2.24. The van der Waals surface area contributed by atoms with Crippen LogP contribution in [-0.4, -0.2) is 22.6 Å². The Hall–Kier alpha value is -0.830. The van der Waals surface area contributed by atoms with Gasteiger partial charge >= 0.3 is 0 Å². The van der Waals surface area contributed by atoms with Crippen molar-refractivity contribution in [3.8, 4) is 0 Å². The van der Waals surface area contributed by atoms with E-state index in [2.05, 4.69) is 28.7 Å². The smallest absolute Gasteiger partial charge is 0.0948 e. The molecule has 1 aromatic heterocycles. The quantitative estimate of drug-likeness (QED) is 0.673. The van der Waals surface area contributed by atoms with Gasteiger partial charge in [0.2, 0.25) is 0 Å². The van der Waals surface area contributed by atoms with Gasteiger partial charge in [0.25, 0.3) is 0 Å². The van der Waals surface area contributed by atoms with Gasteiger partial charge in [0.1, 0.15) is 0 Å². The van der Waals surface area contributed by atoms with Crippen LogP contribution in [0.1, 0.15) is 32.4 Å². The number of aromatic nitrogens is 2. The van der Waals surface area contributed by atoms with Crippen LogP contribution in [0.3, 0.4) is 0 Å². The van der Waals surface area contributed by atoms with E-state index in [1.165, 1.54) is 18.5 Å². The number of imidazole rings is 1. The summed E-state index contributed by atoms with van der Waals surface area (Å²) >= 11 is 0. The molecule has 0 radical (unpaired) electrons. The molecule has 0 bridgehead atoms. The van der Waals surface area contributed by atoms with Crippen molar-refractivity contribution in [3.05, 3.63) is 18.2 Å². The number of aryl methyl sites for hydroxylation is 1. The third kappa shape index (κ3) is 3.50. The lowest BCUT2D eigenvalue weighted by atomic mass is 10.3. The van der Waals surface area contributed by atoms with Gasteiger partial charge in [0.15, 0.2) is 0 Å². The number of hydrogen-bond acceptors (Lipinski definition) is 2. The first-order chi connectivity index (χ1) is 6.88. The van der Waals surface area contributed by atoms with Gasteiger partial charge in [-0.1, -0.05) is 13.8 Å². The summed E-state index contributed by atoms with van der Waals surface area (Å²) in [7, 11) is 0. The molecule has 1 aromatic rings. The van der Waals surface area contributed by atoms with E-state index < -0.39 is 0 Å². The first-order valence-corrected chi connectivity index (χ1v) is 5.58. The molecule has 0 atom stereocenters. The Labute approximate surface area is 86.5 Å². The molecule has 1 N–H and O–H groups in total. The lowest BCUT2D eigenvalue weighted by molar-refractivity contribution is 0.614. The standard InChI is InChI=1S/C11H21N3/c1-3-6-12-7-5-11-9-13-10-14(11)8-4-2/h9-10,12H,3-8H2,1-2H3. The molecule has 14 heavy (non-hydrogen) atoms. The monoisotopic (exact) mass is 195 g/mol. The Morgan fingerprint density at radius 3 is 2.86 bits per heavy atom. The summed E-state index contributed by atoms with van der Waals surface area (Å²) in [4.78, 5) is 4.17. The molecule has 0 aliphatic carbocycles. The van der Waals surface area contributed by atoms with Gasteiger partial charge in [-0.15, -0.1) is 0 Å². The van der Waals surface area contributed by atoms with Gasteiger partial charge in [-0.2, -0.15) is 0 Å². The van der Waals surface area contributed by atoms with Crippen molar-refractivity contribution in [3.63, 3.8) is 0 Å². The first-order valence-electron chi connectivity index (χ1n) is 5.58. The summed E-state index contributed by atoms with van der Waals surface area (Å²) in [6.45, 7) is 7.64. The number of nitrogens with zero attached hydrogens (tertiary/aromatic N) is 2. The lowest BCUT2D eigenvalue weighted by Crippen LogP contribution is -2.19. The van der Waals surface area contributed by atoms with Crippen molar-refractivity contribution in [1.29, 1.82) is 0 Å². The fourth-order valence-electron chi connectivity index (χ4n) is 1.52. The van der Waals surface area contributed by atoms with Gasteiger partial charge < -0.3 is 9.88 Å². The van der Waals surface area contributed by atoms with Gasteiger partial charge in [-0.3, -0.25) is 0 Å². The van der Waals surface area contributed by atoms with Crippen LogP contribution >= 0.6 is 0 Å². The normalized spacial score (nSPS) is 10.7. The van der Waals surface area contributed by atoms with Crippen molar-refractivity contribution >= 4 is 0 Å². The van der Waals surface area contributed by atoms with E-state index >= 15 is 0 Å². The van der Waals surface area contributed by atoms with Crippen LogP contribution in [0, 0.1) is 0 Å². The molecule has 0 aromatic carbocycles. The molecule has 1 rings (SSSR count). The average Bonchev–Trinajstić information content (AvgIpc) is 2.61. The second kappa shape index (κ2) is 6.60. The van der Waals surface area contributed by atoms with Crippen LogP contribution in [-0.2, 0) is 13.0 Å². The highest BCUT2D eigenvalue weighted by Gasteiger charge is 1.99. The lowest BCUT2D eigenvalue weighted by Gasteiger charge is -2.06. The van der Waals surface area contributed by atoms with Crippen molar-refractivity contribution in [2.24, 2.45) is 0 Å². The van der Waals surface area contributed by atoms with Crippen LogP contribution in [0.4, 0.5) is 0 Å². The summed E-state index contributed by atoms with van der Waals surface area (Å²) in [6, 6.07) is 0. The summed E-state index contributed by atoms with van der Waals surface area (Å²) in [5.74, 6) is 0. The molecule has 0 amide bonds. The van der Waals surface area contributed by atoms with Gasteiger partial charge in [0.05, 0.1) is 6.33 Å². The highest BCUT2D eigenvalue weighted by atomic mass is 15.0. The van der Waals surface area contributed by atoms with Crippen LogP contribution in [0.2, 0.25) is 0 Å². The fraction of sp³-hybridized carbons (Fsp3) is 0.727. The Balaban J connectivity index is 2.30. The maximum Gasteiger partial charge on any atom is 0.0948 e. The predicted molar refractivity (Wildman–Crippen MR) is 59.4 cm³/mol. The van der Waals surface area contributed by atoms with Crippen LogP contribution in [0.25, 0.3) is 0 Å². The first kappa shape index (κ1) is 11.2. The summed E-state index contributed by atoms with van der Waals surface area (Å²) in [5, 5.41) is 3.40. The second-order valence-electron chi connectivity index (χ2n) is 3.58. The highest BCUT2D eigenvalue weighted by Crippen LogP contribution is 2.00. The van der Waals surface area contributed by atoms with Crippen molar-refractivity contribution in [2.75, 3.05) is 13.1 Å².